The third-order valence-electron chi connectivity index (χ3n) is 5.73. The molecule has 0 radical (unpaired) electrons. The van der Waals surface area contributed by atoms with Crippen molar-refractivity contribution in [3.05, 3.63) is 53.6 Å². The Morgan fingerprint density at radius 2 is 1.62 bits per heavy atom. The van der Waals surface area contributed by atoms with Gasteiger partial charge in [-0.05, 0) is 36.1 Å². The molecule has 2 aromatic rings. The predicted octanol–water partition coefficient (Wildman–Crippen LogP) is 4.48. The summed E-state index contributed by atoms with van der Waals surface area (Å²) in [4.78, 5) is 38.5. The van der Waals surface area contributed by atoms with E-state index in [0.29, 0.717) is 5.02 Å². The van der Waals surface area contributed by atoms with Crippen LogP contribution < -0.4 is 4.74 Å². The average molecular weight is 412 g/mol. The standard InChI is InChI=1S/C23H22ClNO4/c24-19-14-16(15-6-2-1-3-7-15)10-11-20(19)29-21(26)12-13-25-22(27)17-8-4-5-9-18(17)23(25)28/h1-3,6-7,10-11,14,17-18H,4-5,8-9,12-13H2/t17-,18-/m1/s1. The van der Waals surface area contributed by atoms with Gasteiger partial charge in [0, 0.05) is 6.54 Å². The lowest BCUT2D eigenvalue weighted by Gasteiger charge is -2.19. The molecule has 0 unspecified atom stereocenters. The van der Waals surface area contributed by atoms with Gasteiger partial charge in [0.25, 0.3) is 0 Å². The molecule has 0 spiro atoms. The lowest BCUT2D eigenvalue weighted by molar-refractivity contribution is -0.141. The van der Waals surface area contributed by atoms with E-state index in [4.69, 9.17) is 16.3 Å². The van der Waals surface area contributed by atoms with E-state index in [0.717, 1.165) is 36.8 Å². The fraction of sp³-hybridized carbons (Fsp3) is 0.348. The van der Waals surface area contributed by atoms with Gasteiger partial charge in [0.2, 0.25) is 11.8 Å². The summed E-state index contributed by atoms with van der Waals surface area (Å²) in [6, 6.07) is 15.0. The number of nitrogens with zero attached hydrogens (tertiary/aromatic N) is 1. The Morgan fingerprint density at radius 1 is 0.966 bits per heavy atom. The van der Waals surface area contributed by atoms with Crippen LogP contribution in [0, 0.1) is 11.8 Å². The highest BCUT2D eigenvalue weighted by molar-refractivity contribution is 6.32. The maximum absolute atomic E-state index is 12.5. The molecule has 1 heterocycles. The van der Waals surface area contributed by atoms with E-state index >= 15 is 0 Å². The van der Waals surface area contributed by atoms with Crippen molar-refractivity contribution in [1.82, 2.24) is 4.90 Å². The van der Waals surface area contributed by atoms with Crippen LogP contribution in [-0.4, -0.2) is 29.2 Å². The number of carbonyl (C=O) groups excluding carboxylic acids is 3. The van der Waals surface area contributed by atoms with Gasteiger partial charge in [-0.15, -0.1) is 0 Å². The summed E-state index contributed by atoms with van der Waals surface area (Å²) in [5, 5.41) is 0.332. The molecule has 0 N–H and O–H groups in total. The van der Waals surface area contributed by atoms with Crippen LogP contribution in [0.1, 0.15) is 32.1 Å². The Labute approximate surface area is 174 Å². The molecule has 2 aromatic carbocycles. The second-order valence-corrected chi connectivity index (χ2v) is 7.97. The third kappa shape index (κ3) is 4.06. The maximum Gasteiger partial charge on any atom is 0.313 e. The second-order valence-electron chi connectivity index (χ2n) is 7.56. The van der Waals surface area contributed by atoms with Crippen molar-refractivity contribution < 1.29 is 19.1 Å². The molecular formula is C23H22ClNO4. The lowest BCUT2D eigenvalue weighted by atomic mass is 9.81. The fourth-order valence-electron chi connectivity index (χ4n) is 4.22. The first-order valence-electron chi connectivity index (χ1n) is 9.95. The summed E-state index contributed by atoms with van der Waals surface area (Å²) < 4.78 is 5.36. The summed E-state index contributed by atoms with van der Waals surface area (Å²) in [6.07, 6.45) is 3.44. The number of benzene rings is 2. The molecular weight excluding hydrogens is 390 g/mol. The highest BCUT2D eigenvalue weighted by Gasteiger charge is 2.47. The number of hydrogen-bond donors (Lipinski definition) is 0. The highest BCUT2D eigenvalue weighted by atomic mass is 35.5. The number of amides is 2. The molecule has 1 aliphatic heterocycles. The fourth-order valence-corrected chi connectivity index (χ4v) is 4.44. The first-order valence-corrected chi connectivity index (χ1v) is 10.3. The van der Waals surface area contributed by atoms with E-state index in [1.807, 2.05) is 36.4 Å². The summed E-state index contributed by atoms with van der Waals surface area (Å²) in [7, 11) is 0. The first kappa shape index (κ1) is 19.6. The minimum Gasteiger partial charge on any atom is -0.425 e. The van der Waals surface area contributed by atoms with E-state index in [1.54, 1.807) is 12.1 Å². The zero-order valence-corrected chi connectivity index (χ0v) is 16.7. The molecule has 2 aliphatic rings. The van der Waals surface area contributed by atoms with E-state index in [-0.39, 0.29) is 42.4 Å². The summed E-state index contributed by atoms with van der Waals surface area (Å²) in [5.41, 5.74) is 1.94. The molecule has 2 fully saturated rings. The molecule has 5 nitrogen and oxygen atoms in total. The summed E-state index contributed by atoms with van der Waals surface area (Å²) in [5.74, 6) is -0.936. The molecule has 6 heteroatoms. The minimum absolute atomic E-state index is 0.0479. The molecule has 1 aliphatic carbocycles. The number of halogens is 1. The van der Waals surface area contributed by atoms with Crippen molar-refractivity contribution in [3.63, 3.8) is 0 Å². The summed E-state index contributed by atoms with van der Waals surface area (Å²) >= 11 is 6.28. The Bertz CT molecular complexity index is 919. The molecule has 4 rings (SSSR count). The van der Waals surface area contributed by atoms with E-state index < -0.39 is 5.97 Å². The van der Waals surface area contributed by atoms with Crippen molar-refractivity contribution >= 4 is 29.4 Å². The topological polar surface area (TPSA) is 63.7 Å². The highest BCUT2D eigenvalue weighted by Crippen LogP contribution is 2.38. The zero-order chi connectivity index (χ0) is 20.4. The van der Waals surface area contributed by atoms with Crippen LogP contribution >= 0.6 is 11.6 Å². The van der Waals surface area contributed by atoms with Gasteiger partial charge >= 0.3 is 5.97 Å². The Hall–Kier alpha value is -2.66. The van der Waals surface area contributed by atoms with Gasteiger partial charge in [-0.25, -0.2) is 0 Å². The van der Waals surface area contributed by atoms with Gasteiger partial charge in [-0.1, -0.05) is 60.8 Å². The van der Waals surface area contributed by atoms with Crippen molar-refractivity contribution in [2.75, 3.05) is 6.54 Å². The number of hydrogen-bond acceptors (Lipinski definition) is 4. The van der Waals surface area contributed by atoms with Crippen molar-refractivity contribution in [3.8, 4) is 16.9 Å². The number of carbonyl (C=O) groups is 3. The minimum atomic E-state index is -0.519. The van der Waals surface area contributed by atoms with Crippen LogP contribution in [-0.2, 0) is 14.4 Å². The zero-order valence-electron chi connectivity index (χ0n) is 16.0. The normalized spacial score (nSPS) is 21.2. The quantitative estimate of drug-likeness (QED) is 0.413. The molecule has 29 heavy (non-hydrogen) atoms. The number of likely N-dealkylation sites (tertiary alicyclic amines) is 1. The van der Waals surface area contributed by atoms with Crippen molar-refractivity contribution in [2.24, 2.45) is 11.8 Å². The van der Waals surface area contributed by atoms with E-state index in [9.17, 15) is 14.4 Å². The number of rotatable bonds is 5. The summed E-state index contributed by atoms with van der Waals surface area (Å²) in [6.45, 7) is 0.0587. The van der Waals surface area contributed by atoms with Gasteiger partial charge in [0.15, 0.2) is 0 Å². The number of fused-ring (bicyclic) bond motifs is 1. The van der Waals surface area contributed by atoms with Gasteiger partial charge in [-0.3, -0.25) is 19.3 Å². The molecule has 0 aromatic heterocycles. The molecule has 1 saturated heterocycles. The van der Waals surface area contributed by atoms with Crippen LogP contribution in [0.2, 0.25) is 5.02 Å². The van der Waals surface area contributed by atoms with Crippen LogP contribution in [0.3, 0.4) is 0 Å². The monoisotopic (exact) mass is 411 g/mol. The SMILES string of the molecule is O=C(CCN1C(=O)[C@@H]2CCCC[C@H]2C1=O)Oc1ccc(-c2ccccc2)cc1Cl. The Morgan fingerprint density at radius 3 is 2.24 bits per heavy atom. The van der Waals surface area contributed by atoms with Crippen molar-refractivity contribution in [2.45, 2.75) is 32.1 Å². The van der Waals surface area contributed by atoms with Crippen molar-refractivity contribution in [1.29, 1.82) is 0 Å². The third-order valence-corrected chi connectivity index (χ3v) is 6.03. The average Bonchev–Trinajstić information content (AvgIpc) is 2.99. The van der Waals surface area contributed by atoms with Gasteiger partial charge in [-0.2, -0.15) is 0 Å². The number of esters is 1. The largest absolute Gasteiger partial charge is 0.425 e. The van der Waals surface area contributed by atoms with Gasteiger partial charge < -0.3 is 4.74 Å². The Kier molecular flexibility index (Phi) is 5.67. The van der Waals surface area contributed by atoms with Crippen LogP contribution in [0.5, 0.6) is 5.75 Å². The van der Waals surface area contributed by atoms with Gasteiger partial charge in [0.05, 0.1) is 23.3 Å². The smallest absolute Gasteiger partial charge is 0.313 e. The lowest BCUT2D eigenvalue weighted by Crippen LogP contribution is -2.33. The predicted molar refractivity (Wildman–Crippen MR) is 109 cm³/mol. The molecule has 150 valence electrons. The second kappa shape index (κ2) is 8.37. The first-order chi connectivity index (χ1) is 14.0. The molecule has 2 amide bonds. The van der Waals surface area contributed by atoms with Gasteiger partial charge in [0.1, 0.15) is 5.75 Å². The molecule has 2 atom stereocenters. The maximum atomic E-state index is 12.5. The van der Waals surface area contributed by atoms with Crippen LogP contribution in [0.25, 0.3) is 11.1 Å². The van der Waals surface area contributed by atoms with Crippen LogP contribution in [0.15, 0.2) is 48.5 Å². The number of imide groups is 1. The van der Waals surface area contributed by atoms with Crippen LogP contribution in [0.4, 0.5) is 0 Å². The van der Waals surface area contributed by atoms with E-state index in [1.165, 1.54) is 4.90 Å². The molecule has 1 saturated carbocycles. The van der Waals surface area contributed by atoms with E-state index in [2.05, 4.69) is 0 Å². The Balaban J connectivity index is 1.36. The molecule has 0 bridgehead atoms. The number of ether oxygens (including phenoxy) is 1.